The topological polar surface area (TPSA) is 85.6 Å². The number of anilines is 1. The van der Waals surface area contributed by atoms with Crippen LogP contribution < -0.4 is 10.2 Å². The molecule has 0 radical (unpaired) electrons. The molecule has 0 saturated carbocycles. The van der Waals surface area contributed by atoms with E-state index in [-0.39, 0.29) is 12.5 Å². The molecule has 0 saturated heterocycles. The Morgan fingerprint density at radius 1 is 1.45 bits per heavy atom. The molecule has 6 nitrogen and oxygen atoms in total. The Labute approximate surface area is 184 Å². The maximum Gasteiger partial charge on any atom is 0.262 e. The van der Waals surface area contributed by atoms with Crippen LogP contribution in [0.3, 0.4) is 0 Å². The minimum Gasteiger partial charge on any atom is -0.392 e. The van der Waals surface area contributed by atoms with Gasteiger partial charge in [-0.25, -0.2) is 0 Å². The summed E-state index contributed by atoms with van der Waals surface area (Å²) >= 11 is 13.6. The molecule has 0 spiro atoms. The summed E-state index contributed by atoms with van der Waals surface area (Å²) < 4.78 is 5.40. The van der Waals surface area contributed by atoms with Crippen molar-refractivity contribution < 1.29 is 14.6 Å². The van der Waals surface area contributed by atoms with Crippen molar-refractivity contribution >= 4 is 45.4 Å². The predicted molar refractivity (Wildman–Crippen MR) is 118 cm³/mol. The van der Waals surface area contributed by atoms with E-state index in [0.29, 0.717) is 56.4 Å². The van der Waals surface area contributed by atoms with Gasteiger partial charge in [0.1, 0.15) is 15.9 Å². The molecule has 1 atom stereocenters. The van der Waals surface area contributed by atoms with Crippen molar-refractivity contribution in [2.45, 2.75) is 20.0 Å². The van der Waals surface area contributed by atoms with Crippen LogP contribution in [-0.2, 0) is 4.74 Å². The number of likely N-dealkylation sites (N-methyl/N-ethyl adjacent to an activating group) is 1. The van der Waals surface area contributed by atoms with Crippen LogP contribution in [0.4, 0.5) is 5.00 Å². The minimum absolute atomic E-state index is 0.0991. The second-order valence-corrected chi connectivity index (χ2v) is 8.24. The molecule has 2 aromatic rings. The van der Waals surface area contributed by atoms with E-state index < -0.39 is 6.10 Å². The summed E-state index contributed by atoms with van der Waals surface area (Å²) in [5.41, 5.74) is 1.37. The maximum atomic E-state index is 12.9. The van der Waals surface area contributed by atoms with Gasteiger partial charge in [-0.2, -0.15) is 5.26 Å². The SMILES string of the molecule is CCOCCN(C)c1sc(C(=O)NC[C@@H](C)O)c(-c2ccc(Cl)cc2Cl)c1C#N. The molecule has 1 aromatic carbocycles. The lowest BCUT2D eigenvalue weighted by molar-refractivity contribution is 0.0928. The molecule has 156 valence electrons. The average molecular weight is 456 g/mol. The van der Waals surface area contributed by atoms with Crippen LogP contribution >= 0.6 is 34.5 Å². The van der Waals surface area contributed by atoms with Gasteiger partial charge >= 0.3 is 0 Å². The molecule has 2 N–H and O–H groups in total. The molecule has 0 unspecified atom stereocenters. The van der Waals surface area contributed by atoms with E-state index in [2.05, 4.69) is 11.4 Å². The van der Waals surface area contributed by atoms with Crippen LogP contribution in [0.1, 0.15) is 29.1 Å². The van der Waals surface area contributed by atoms with Gasteiger partial charge in [0.05, 0.1) is 18.3 Å². The van der Waals surface area contributed by atoms with Gasteiger partial charge in [0.2, 0.25) is 0 Å². The van der Waals surface area contributed by atoms with Crippen LogP contribution in [0.15, 0.2) is 18.2 Å². The molecule has 1 amide bonds. The molecule has 9 heteroatoms. The van der Waals surface area contributed by atoms with Gasteiger partial charge in [-0.3, -0.25) is 4.79 Å². The summed E-state index contributed by atoms with van der Waals surface area (Å²) in [6.45, 7) is 5.25. The van der Waals surface area contributed by atoms with Crippen molar-refractivity contribution in [3.05, 3.63) is 38.7 Å². The number of carbonyl (C=O) groups is 1. The number of hydrogen-bond acceptors (Lipinski definition) is 6. The standard InChI is InChI=1S/C20H23Cl2N3O3S/c1-4-28-8-7-25(3)20-15(10-23)17(14-6-5-13(21)9-16(14)22)18(29-20)19(27)24-11-12(2)26/h5-6,9,12,26H,4,7-8,11H2,1-3H3,(H,24,27)/t12-/m1/s1. The molecule has 0 bridgehead atoms. The Morgan fingerprint density at radius 3 is 2.76 bits per heavy atom. The van der Waals surface area contributed by atoms with E-state index in [1.165, 1.54) is 11.3 Å². The molecule has 1 aromatic heterocycles. The van der Waals surface area contributed by atoms with Gasteiger partial charge in [0.25, 0.3) is 5.91 Å². The Morgan fingerprint density at radius 2 is 2.17 bits per heavy atom. The molecule has 0 fully saturated rings. The average Bonchev–Trinajstić information content (AvgIpc) is 3.05. The lowest BCUT2D eigenvalue weighted by Gasteiger charge is -2.17. The van der Waals surface area contributed by atoms with Crippen molar-refractivity contribution in [3.8, 4) is 17.2 Å². The first kappa shape index (κ1) is 23.5. The lowest BCUT2D eigenvalue weighted by Crippen LogP contribution is -2.30. The number of aliphatic hydroxyl groups excluding tert-OH is 1. The van der Waals surface area contributed by atoms with Crippen molar-refractivity contribution in [3.63, 3.8) is 0 Å². The van der Waals surface area contributed by atoms with E-state index in [1.54, 1.807) is 25.1 Å². The number of ether oxygens (including phenoxy) is 1. The molecular weight excluding hydrogens is 433 g/mol. The second-order valence-electron chi connectivity index (χ2n) is 6.40. The number of amides is 1. The van der Waals surface area contributed by atoms with Crippen molar-refractivity contribution in [1.82, 2.24) is 5.32 Å². The number of nitrogens with one attached hydrogen (secondary N) is 1. The molecular formula is C20H23Cl2N3O3S. The van der Waals surface area contributed by atoms with E-state index in [9.17, 15) is 15.2 Å². The summed E-state index contributed by atoms with van der Waals surface area (Å²) in [5, 5.41) is 23.6. The van der Waals surface area contributed by atoms with Crippen molar-refractivity contribution in [2.24, 2.45) is 0 Å². The van der Waals surface area contributed by atoms with Crippen LogP contribution in [0.25, 0.3) is 11.1 Å². The fourth-order valence-corrected chi connectivity index (χ4v) is 4.34. The highest BCUT2D eigenvalue weighted by molar-refractivity contribution is 7.19. The third kappa shape index (κ3) is 5.84. The fraction of sp³-hybridized carbons (Fsp3) is 0.400. The summed E-state index contributed by atoms with van der Waals surface area (Å²) in [6.07, 6.45) is -0.690. The molecule has 1 heterocycles. The number of rotatable bonds is 9. The molecule has 0 aliphatic rings. The molecule has 0 aliphatic carbocycles. The van der Waals surface area contributed by atoms with Gasteiger partial charge in [0, 0.05) is 47.9 Å². The van der Waals surface area contributed by atoms with Crippen LogP contribution in [0.2, 0.25) is 10.0 Å². The predicted octanol–water partition coefficient (Wildman–Crippen LogP) is 4.18. The monoisotopic (exact) mass is 455 g/mol. The first-order valence-corrected chi connectivity index (χ1v) is 10.6. The number of halogens is 2. The van der Waals surface area contributed by atoms with Crippen LogP contribution in [0, 0.1) is 11.3 Å². The zero-order chi connectivity index (χ0) is 21.6. The van der Waals surface area contributed by atoms with Crippen LogP contribution in [0.5, 0.6) is 0 Å². The zero-order valence-corrected chi connectivity index (χ0v) is 18.8. The normalized spacial score (nSPS) is 11.8. The number of benzene rings is 1. The molecule has 2 rings (SSSR count). The molecule has 29 heavy (non-hydrogen) atoms. The molecule has 0 aliphatic heterocycles. The first-order valence-electron chi connectivity index (χ1n) is 9.07. The van der Waals surface area contributed by atoms with Crippen molar-refractivity contribution in [1.29, 1.82) is 5.26 Å². The maximum absolute atomic E-state index is 12.9. The summed E-state index contributed by atoms with van der Waals surface area (Å²) in [4.78, 5) is 15.1. The number of carbonyl (C=O) groups excluding carboxylic acids is 1. The van der Waals surface area contributed by atoms with Crippen molar-refractivity contribution in [2.75, 3.05) is 38.3 Å². The highest BCUT2D eigenvalue weighted by atomic mass is 35.5. The van der Waals surface area contributed by atoms with Gasteiger partial charge in [-0.15, -0.1) is 11.3 Å². The Bertz CT molecular complexity index is 909. The van der Waals surface area contributed by atoms with E-state index in [4.69, 9.17) is 27.9 Å². The number of nitrogens with zero attached hydrogens (tertiary/aromatic N) is 2. The number of nitriles is 1. The quantitative estimate of drug-likeness (QED) is 0.553. The van der Waals surface area contributed by atoms with Gasteiger partial charge in [-0.1, -0.05) is 29.3 Å². The Balaban J connectivity index is 2.58. The van der Waals surface area contributed by atoms with Gasteiger partial charge < -0.3 is 20.1 Å². The Hall–Kier alpha value is -1.82. The highest BCUT2D eigenvalue weighted by Gasteiger charge is 2.27. The largest absolute Gasteiger partial charge is 0.392 e. The fourth-order valence-electron chi connectivity index (χ4n) is 2.67. The first-order chi connectivity index (χ1) is 13.8. The third-order valence-electron chi connectivity index (χ3n) is 4.09. The lowest BCUT2D eigenvalue weighted by atomic mass is 10.0. The second kappa shape index (κ2) is 10.8. The number of aliphatic hydroxyl groups is 1. The zero-order valence-electron chi connectivity index (χ0n) is 16.5. The van der Waals surface area contributed by atoms with Crippen LogP contribution in [-0.4, -0.2) is 50.5 Å². The smallest absolute Gasteiger partial charge is 0.262 e. The summed E-state index contributed by atoms with van der Waals surface area (Å²) in [6, 6.07) is 7.16. The van der Waals surface area contributed by atoms with E-state index in [0.717, 1.165) is 0 Å². The van der Waals surface area contributed by atoms with Gasteiger partial charge in [0.15, 0.2) is 0 Å². The number of hydrogen-bond donors (Lipinski definition) is 2. The summed E-state index contributed by atoms with van der Waals surface area (Å²) in [5.74, 6) is -0.377. The number of thiophene rings is 1. The Kier molecular flexibility index (Phi) is 8.75. The highest BCUT2D eigenvalue weighted by Crippen LogP contribution is 2.44. The van der Waals surface area contributed by atoms with E-state index in [1.807, 2.05) is 18.9 Å². The summed E-state index contributed by atoms with van der Waals surface area (Å²) in [7, 11) is 1.84. The van der Waals surface area contributed by atoms with E-state index >= 15 is 0 Å². The minimum atomic E-state index is -0.690. The van der Waals surface area contributed by atoms with Gasteiger partial charge in [-0.05, 0) is 26.0 Å². The third-order valence-corrected chi connectivity index (χ3v) is 5.94.